The SMILES string of the molecule is Cc1ccnc(-n2c(SCc3ncc(-c4cccc(Cl)c4)o3)nc3ccccc3c2=O)c1. The largest absolute Gasteiger partial charge is 0.440 e. The van der Waals surface area contributed by atoms with Crippen molar-refractivity contribution in [2.45, 2.75) is 17.8 Å². The number of rotatable bonds is 5. The van der Waals surface area contributed by atoms with Crippen molar-refractivity contribution in [3.8, 4) is 17.1 Å². The molecule has 5 aromatic rings. The summed E-state index contributed by atoms with van der Waals surface area (Å²) in [6, 6.07) is 18.5. The van der Waals surface area contributed by atoms with Crippen molar-refractivity contribution in [3.63, 3.8) is 0 Å². The molecule has 0 spiro atoms. The van der Waals surface area contributed by atoms with Gasteiger partial charge in [0.1, 0.15) is 5.82 Å². The van der Waals surface area contributed by atoms with Crippen LogP contribution in [0.2, 0.25) is 5.02 Å². The Morgan fingerprint density at radius 3 is 2.78 bits per heavy atom. The monoisotopic (exact) mass is 460 g/mol. The van der Waals surface area contributed by atoms with Gasteiger partial charge in [-0.25, -0.2) is 19.5 Å². The summed E-state index contributed by atoms with van der Waals surface area (Å²) < 4.78 is 7.45. The maximum atomic E-state index is 13.3. The molecule has 0 unspecified atom stereocenters. The molecule has 0 fully saturated rings. The Kier molecular flexibility index (Phi) is 5.51. The molecule has 0 saturated heterocycles. The second-order valence-corrected chi connectivity index (χ2v) is 8.54. The van der Waals surface area contributed by atoms with E-state index >= 15 is 0 Å². The van der Waals surface area contributed by atoms with Crippen molar-refractivity contribution in [2.75, 3.05) is 0 Å². The molecular formula is C24H17ClN4O2S. The molecule has 0 amide bonds. The number of hydrogen-bond donors (Lipinski definition) is 0. The predicted molar refractivity (Wildman–Crippen MR) is 126 cm³/mol. The average Bonchev–Trinajstić information content (AvgIpc) is 3.27. The van der Waals surface area contributed by atoms with E-state index in [-0.39, 0.29) is 5.56 Å². The lowest BCUT2D eigenvalue weighted by atomic mass is 10.2. The van der Waals surface area contributed by atoms with Crippen LogP contribution in [0, 0.1) is 6.92 Å². The zero-order valence-electron chi connectivity index (χ0n) is 17.0. The molecule has 5 rings (SSSR count). The van der Waals surface area contributed by atoms with E-state index in [1.807, 2.05) is 61.5 Å². The van der Waals surface area contributed by atoms with Crippen LogP contribution in [-0.2, 0) is 5.75 Å². The molecule has 0 aliphatic rings. The highest BCUT2D eigenvalue weighted by Crippen LogP contribution is 2.27. The summed E-state index contributed by atoms with van der Waals surface area (Å²) in [5.74, 6) is 2.09. The molecule has 3 heterocycles. The molecule has 0 bridgehead atoms. The molecule has 0 atom stereocenters. The van der Waals surface area contributed by atoms with Gasteiger partial charge < -0.3 is 4.42 Å². The average molecular weight is 461 g/mol. The van der Waals surface area contributed by atoms with E-state index in [9.17, 15) is 4.79 Å². The number of fused-ring (bicyclic) bond motifs is 1. The fourth-order valence-corrected chi connectivity index (χ4v) is 4.38. The standard InChI is InChI=1S/C24H17ClN4O2S/c1-15-9-10-26-21(11-15)29-23(30)18-7-2-3-8-19(18)28-24(29)32-14-22-27-13-20(31-22)16-5-4-6-17(25)12-16/h2-13H,14H2,1H3. The van der Waals surface area contributed by atoms with Gasteiger partial charge >= 0.3 is 0 Å². The molecule has 32 heavy (non-hydrogen) atoms. The van der Waals surface area contributed by atoms with Gasteiger partial charge in [0.25, 0.3) is 5.56 Å². The van der Waals surface area contributed by atoms with Crippen molar-refractivity contribution in [1.29, 1.82) is 0 Å². The number of para-hydroxylation sites is 1. The summed E-state index contributed by atoms with van der Waals surface area (Å²) in [4.78, 5) is 26.8. The Bertz CT molecular complexity index is 1500. The molecule has 0 N–H and O–H groups in total. The van der Waals surface area contributed by atoms with E-state index in [1.165, 1.54) is 11.8 Å². The van der Waals surface area contributed by atoms with Crippen LogP contribution in [0.1, 0.15) is 11.5 Å². The number of nitrogens with zero attached hydrogens (tertiary/aromatic N) is 4. The minimum absolute atomic E-state index is 0.164. The summed E-state index contributed by atoms with van der Waals surface area (Å²) in [7, 11) is 0. The van der Waals surface area contributed by atoms with Gasteiger partial charge in [-0.2, -0.15) is 0 Å². The first-order chi connectivity index (χ1) is 15.6. The fourth-order valence-electron chi connectivity index (χ4n) is 3.33. The van der Waals surface area contributed by atoms with E-state index in [4.69, 9.17) is 21.0 Å². The Hall–Kier alpha value is -3.42. The van der Waals surface area contributed by atoms with Crippen molar-refractivity contribution in [3.05, 3.63) is 99.9 Å². The molecule has 0 radical (unpaired) electrons. The highest BCUT2D eigenvalue weighted by atomic mass is 35.5. The zero-order valence-corrected chi connectivity index (χ0v) is 18.6. The van der Waals surface area contributed by atoms with Crippen LogP contribution in [0.4, 0.5) is 0 Å². The number of aromatic nitrogens is 4. The van der Waals surface area contributed by atoms with Crippen LogP contribution in [-0.4, -0.2) is 19.5 Å². The summed E-state index contributed by atoms with van der Waals surface area (Å²) in [5, 5.41) is 1.69. The van der Waals surface area contributed by atoms with Gasteiger partial charge in [-0.3, -0.25) is 4.79 Å². The number of oxazole rings is 1. The van der Waals surface area contributed by atoms with Gasteiger partial charge in [0.15, 0.2) is 10.9 Å². The maximum absolute atomic E-state index is 13.3. The van der Waals surface area contributed by atoms with Crippen LogP contribution in [0.15, 0.2) is 87.4 Å². The topological polar surface area (TPSA) is 73.8 Å². The van der Waals surface area contributed by atoms with E-state index < -0.39 is 0 Å². The van der Waals surface area contributed by atoms with Crippen LogP contribution in [0.5, 0.6) is 0 Å². The number of hydrogen-bond acceptors (Lipinski definition) is 6. The van der Waals surface area contributed by atoms with E-state index in [1.54, 1.807) is 23.0 Å². The van der Waals surface area contributed by atoms with Crippen LogP contribution < -0.4 is 5.56 Å². The van der Waals surface area contributed by atoms with E-state index in [0.717, 1.165) is 11.1 Å². The molecule has 0 aliphatic heterocycles. The second-order valence-electron chi connectivity index (χ2n) is 7.16. The van der Waals surface area contributed by atoms with Gasteiger partial charge in [0, 0.05) is 16.8 Å². The Balaban J connectivity index is 1.52. The van der Waals surface area contributed by atoms with Crippen LogP contribution >= 0.6 is 23.4 Å². The number of benzene rings is 2. The third-order valence-corrected chi connectivity index (χ3v) is 6.02. The van der Waals surface area contributed by atoms with Crippen molar-refractivity contribution in [2.24, 2.45) is 0 Å². The molecule has 158 valence electrons. The minimum atomic E-state index is -0.164. The Morgan fingerprint density at radius 2 is 1.94 bits per heavy atom. The predicted octanol–water partition coefficient (Wildman–Crippen LogP) is 5.69. The lowest BCUT2D eigenvalue weighted by Crippen LogP contribution is -2.22. The second kappa shape index (κ2) is 8.61. The number of pyridine rings is 1. The quantitative estimate of drug-likeness (QED) is 0.248. The van der Waals surface area contributed by atoms with Gasteiger partial charge in [-0.05, 0) is 48.9 Å². The normalized spacial score (nSPS) is 11.2. The van der Waals surface area contributed by atoms with E-state index in [2.05, 4.69) is 9.97 Å². The molecule has 0 aliphatic carbocycles. The first-order valence-corrected chi connectivity index (χ1v) is 11.2. The van der Waals surface area contributed by atoms with Gasteiger partial charge in [0.2, 0.25) is 5.89 Å². The molecule has 0 saturated carbocycles. The van der Waals surface area contributed by atoms with Gasteiger partial charge in [0.05, 0.1) is 22.9 Å². The molecular weight excluding hydrogens is 444 g/mol. The van der Waals surface area contributed by atoms with Crippen molar-refractivity contribution < 1.29 is 4.42 Å². The highest BCUT2D eigenvalue weighted by molar-refractivity contribution is 7.98. The van der Waals surface area contributed by atoms with Crippen molar-refractivity contribution in [1.82, 2.24) is 19.5 Å². The summed E-state index contributed by atoms with van der Waals surface area (Å²) in [5.41, 5.74) is 2.33. The number of thioether (sulfide) groups is 1. The van der Waals surface area contributed by atoms with Gasteiger partial charge in [-0.1, -0.05) is 47.6 Å². The molecule has 3 aromatic heterocycles. The zero-order chi connectivity index (χ0) is 22.1. The summed E-state index contributed by atoms with van der Waals surface area (Å²) in [6.45, 7) is 1.96. The third kappa shape index (κ3) is 4.04. The van der Waals surface area contributed by atoms with Gasteiger partial charge in [-0.15, -0.1) is 0 Å². The smallest absolute Gasteiger partial charge is 0.267 e. The lowest BCUT2D eigenvalue weighted by molar-refractivity contribution is 0.529. The summed E-state index contributed by atoms with van der Waals surface area (Å²) >= 11 is 7.45. The van der Waals surface area contributed by atoms with Crippen molar-refractivity contribution >= 4 is 34.3 Å². The first-order valence-electron chi connectivity index (χ1n) is 9.87. The number of halogens is 1. The first kappa shape index (κ1) is 20.5. The highest BCUT2D eigenvalue weighted by Gasteiger charge is 2.16. The van der Waals surface area contributed by atoms with E-state index in [0.29, 0.717) is 44.3 Å². The lowest BCUT2D eigenvalue weighted by Gasteiger charge is -2.12. The molecule has 6 nitrogen and oxygen atoms in total. The maximum Gasteiger partial charge on any atom is 0.267 e. The minimum Gasteiger partial charge on any atom is -0.440 e. The number of aryl methyl sites for hydroxylation is 1. The Morgan fingerprint density at radius 1 is 1.06 bits per heavy atom. The van der Waals surface area contributed by atoms with Crippen LogP contribution in [0.25, 0.3) is 28.0 Å². The fraction of sp³-hybridized carbons (Fsp3) is 0.0833. The van der Waals surface area contributed by atoms with Crippen LogP contribution in [0.3, 0.4) is 0 Å². The molecule has 8 heteroatoms. The molecule has 2 aromatic carbocycles. The summed E-state index contributed by atoms with van der Waals surface area (Å²) in [6.07, 6.45) is 3.36. The third-order valence-electron chi connectivity index (χ3n) is 4.86. The Labute approximate surface area is 192 Å².